The lowest BCUT2D eigenvalue weighted by Crippen LogP contribution is -2.31. The minimum Gasteiger partial charge on any atom is -0.382 e. The number of nitrogens with one attached hydrogen (secondary N) is 1. The molecule has 0 aliphatic carbocycles. The molecule has 18 heavy (non-hydrogen) atoms. The normalized spacial score (nSPS) is 12.7. The van der Waals surface area contributed by atoms with Gasteiger partial charge >= 0.3 is 0 Å². The second-order valence-corrected chi connectivity index (χ2v) is 4.81. The van der Waals surface area contributed by atoms with E-state index in [0.29, 0.717) is 6.61 Å². The lowest BCUT2D eigenvalue weighted by atomic mass is 10.0. The molecule has 3 nitrogen and oxygen atoms in total. The third kappa shape index (κ3) is 4.41. The van der Waals surface area contributed by atoms with E-state index in [9.17, 15) is 0 Å². The predicted octanol–water partition coefficient (Wildman–Crippen LogP) is 2.36. The molecule has 0 amide bonds. The van der Waals surface area contributed by atoms with Crippen molar-refractivity contribution in [2.45, 2.75) is 33.4 Å². The fraction of sp³-hybridized carbons (Fsp3) is 0.600. The molecule has 1 aromatic carbocycles. The van der Waals surface area contributed by atoms with Gasteiger partial charge in [-0.05, 0) is 43.0 Å². The number of ether oxygens (including phenoxy) is 2. The van der Waals surface area contributed by atoms with Crippen molar-refractivity contribution in [2.24, 2.45) is 0 Å². The smallest absolute Gasteiger partial charge is 0.0928 e. The van der Waals surface area contributed by atoms with Crippen molar-refractivity contribution in [1.82, 2.24) is 5.32 Å². The van der Waals surface area contributed by atoms with Crippen LogP contribution in [0.15, 0.2) is 12.1 Å². The molecule has 0 radical (unpaired) electrons. The average molecular weight is 251 g/mol. The molecule has 1 rings (SSSR count). The molecular weight excluding hydrogens is 226 g/mol. The standard InChI is InChI=1S/C15H25NO2/c1-11-6-13(3)14(7-12(11)2)8-16-9-15(18-5)10-17-4/h6-7,15-16H,8-10H2,1-5H3. The van der Waals surface area contributed by atoms with E-state index >= 15 is 0 Å². The summed E-state index contributed by atoms with van der Waals surface area (Å²) in [5.41, 5.74) is 5.39. The van der Waals surface area contributed by atoms with Crippen LogP contribution in [0.3, 0.4) is 0 Å². The highest BCUT2D eigenvalue weighted by Crippen LogP contribution is 2.15. The Kier molecular flexibility index (Phi) is 6.33. The van der Waals surface area contributed by atoms with Crippen LogP contribution in [0.5, 0.6) is 0 Å². The molecule has 0 saturated carbocycles. The monoisotopic (exact) mass is 251 g/mol. The minimum atomic E-state index is 0.113. The summed E-state index contributed by atoms with van der Waals surface area (Å²) in [5, 5.41) is 3.42. The van der Waals surface area contributed by atoms with Gasteiger partial charge in [-0.15, -0.1) is 0 Å². The molecule has 0 aliphatic heterocycles. The van der Waals surface area contributed by atoms with Crippen LogP contribution >= 0.6 is 0 Å². The third-order valence-electron chi connectivity index (χ3n) is 3.33. The van der Waals surface area contributed by atoms with Crippen LogP contribution < -0.4 is 5.32 Å². The lowest BCUT2D eigenvalue weighted by molar-refractivity contribution is 0.0288. The van der Waals surface area contributed by atoms with Crippen LogP contribution in [0.4, 0.5) is 0 Å². The van der Waals surface area contributed by atoms with E-state index in [0.717, 1.165) is 13.1 Å². The van der Waals surface area contributed by atoms with Gasteiger partial charge in [0.25, 0.3) is 0 Å². The maximum atomic E-state index is 5.31. The molecule has 0 aromatic heterocycles. The topological polar surface area (TPSA) is 30.5 Å². The largest absolute Gasteiger partial charge is 0.382 e. The Labute approximate surface area is 110 Å². The number of rotatable bonds is 7. The van der Waals surface area contributed by atoms with E-state index < -0.39 is 0 Å². The van der Waals surface area contributed by atoms with Gasteiger partial charge in [-0.1, -0.05) is 12.1 Å². The second-order valence-electron chi connectivity index (χ2n) is 4.81. The first-order chi connectivity index (χ1) is 8.58. The maximum Gasteiger partial charge on any atom is 0.0928 e. The van der Waals surface area contributed by atoms with Crippen molar-refractivity contribution in [2.75, 3.05) is 27.4 Å². The Hall–Kier alpha value is -0.900. The van der Waals surface area contributed by atoms with Gasteiger partial charge in [0, 0.05) is 27.3 Å². The average Bonchev–Trinajstić information content (AvgIpc) is 2.34. The molecule has 102 valence electrons. The summed E-state index contributed by atoms with van der Waals surface area (Å²) in [6.07, 6.45) is 0.113. The van der Waals surface area contributed by atoms with Crippen LogP contribution in [0.25, 0.3) is 0 Å². The number of benzene rings is 1. The summed E-state index contributed by atoms with van der Waals surface area (Å²) in [6, 6.07) is 4.51. The summed E-state index contributed by atoms with van der Waals surface area (Å²) < 4.78 is 10.4. The summed E-state index contributed by atoms with van der Waals surface area (Å²) >= 11 is 0. The summed E-state index contributed by atoms with van der Waals surface area (Å²) in [7, 11) is 3.41. The van der Waals surface area contributed by atoms with Gasteiger partial charge in [-0.3, -0.25) is 0 Å². The van der Waals surface area contributed by atoms with E-state index in [2.05, 4.69) is 38.2 Å². The molecular formula is C15H25NO2. The molecule has 0 saturated heterocycles. The van der Waals surface area contributed by atoms with Gasteiger partial charge in [0.1, 0.15) is 0 Å². The van der Waals surface area contributed by atoms with Crippen LogP contribution in [0, 0.1) is 20.8 Å². The van der Waals surface area contributed by atoms with E-state index in [1.54, 1.807) is 14.2 Å². The molecule has 0 spiro atoms. The highest BCUT2D eigenvalue weighted by molar-refractivity contribution is 5.36. The van der Waals surface area contributed by atoms with Crippen molar-refractivity contribution in [3.8, 4) is 0 Å². The lowest BCUT2D eigenvalue weighted by Gasteiger charge is -2.16. The van der Waals surface area contributed by atoms with Gasteiger partial charge in [-0.2, -0.15) is 0 Å². The maximum absolute atomic E-state index is 5.31. The number of hydrogen-bond acceptors (Lipinski definition) is 3. The second kappa shape index (κ2) is 7.52. The van der Waals surface area contributed by atoms with Crippen molar-refractivity contribution in [3.63, 3.8) is 0 Å². The van der Waals surface area contributed by atoms with Crippen LogP contribution in [0.1, 0.15) is 22.3 Å². The fourth-order valence-corrected chi connectivity index (χ4v) is 1.97. The molecule has 1 atom stereocenters. The Bertz CT molecular complexity index is 377. The summed E-state index contributed by atoms with van der Waals surface area (Å²) in [6.45, 7) is 8.76. The first kappa shape index (κ1) is 15.2. The SMILES string of the molecule is COCC(CNCc1cc(C)c(C)cc1C)OC. The summed E-state index contributed by atoms with van der Waals surface area (Å²) in [5.74, 6) is 0. The van der Waals surface area contributed by atoms with Crippen LogP contribution in [-0.2, 0) is 16.0 Å². The highest BCUT2D eigenvalue weighted by Gasteiger charge is 2.07. The van der Waals surface area contributed by atoms with Crippen molar-refractivity contribution >= 4 is 0 Å². The van der Waals surface area contributed by atoms with Gasteiger partial charge in [-0.25, -0.2) is 0 Å². The van der Waals surface area contributed by atoms with Crippen LogP contribution in [-0.4, -0.2) is 33.5 Å². The predicted molar refractivity (Wildman–Crippen MR) is 75.0 cm³/mol. The van der Waals surface area contributed by atoms with Crippen LogP contribution in [0.2, 0.25) is 0 Å². The molecule has 1 unspecified atom stereocenters. The molecule has 0 heterocycles. The molecule has 3 heteroatoms. The Morgan fingerprint density at radius 1 is 1.06 bits per heavy atom. The van der Waals surface area contributed by atoms with E-state index in [1.807, 2.05) is 0 Å². The first-order valence-electron chi connectivity index (χ1n) is 6.37. The number of methoxy groups -OCH3 is 2. The van der Waals surface area contributed by atoms with E-state index in [1.165, 1.54) is 22.3 Å². The third-order valence-corrected chi connectivity index (χ3v) is 3.33. The van der Waals surface area contributed by atoms with Gasteiger partial charge in [0.05, 0.1) is 12.7 Å². The Morgan fingerprint density at radius 3 is 2.33 bits per heavy atom. The fourth-order valence-electron chi connectivity index (χ4n) is 1.97. The van der Waals surface area contributed by atoms with Gasteiger partial charge in [0.15, 0.2) is 0 Å². The molecule has 0 aliphatic rings. The zero-order chi connectivity index (χ0) is 13.5. The molecule has 0 bridgehead atoms. The zero-order valence-electron chi connectivity index (χ0n) is 12.2. The quantitative estimate of drug-likeness (QED) is 0.807. The van der Waals surface area contributed by atoms with Crippen molar-refractivity contribution in [3.05, 3.63) is 34.4 Å². The summed E-state index contributed by atoms with van der Waals surface area (Å²) in [4.78, 5) is 0. The van der Waals surface area contributed by atoms with Crippen molar-refractivity contribution < 1.29 is 9.47 Å². The first-order valence-corrected chi connectivity index (χ1v) is 6.37. The molecule has 0 fully saturated rings. The van der Waals surface area contributed by atoms with Gasteiger partial charge < -0.3 is 14.8 Å². The minimum absolute atomic E-state index is 0.113. The van der Waals surface area contributed by atoms with E-state index in [-0.39, 0.29) is 6.10 Å². The molecule has 1 N–H and O–H groups in total. The zero-order valence-corrected chi connectivity index (χ0v) is 12.2. The highest BCUT2D eigenvalue weighted by atomic mass is 16.5. The van der Waals surface area contributed by atoms with E-state index in [4.69, 9.17) is 9.47 Å². The Balaban J connectivity index is 2.51. The Morgan fingerprint density at radius 2 is 1.72 bits per heavy atom. The molecule has 1 aromatic rings. The van der Waals surface area contributed by atoms with Gasteiger partial charge in [0.2, 0.25) is 0 Å². The van der Waals surface area contributed by atoms with Crippen molar-refractivity contribution in [1.29, 1.82) is 0 Å². The number of aryl methyl sites for hydroxylation is 3. The number of hydrogen-bond donors (Lipinski definition) is 1.